The number of ether oxygens (including phenoxy) is 1. The van der Waals surface area contributed by atoms with Crippen LogP contribution in [0.15, 0.2) is 39.1 Å². The first-order chi connectivity index (χ1) is 12.0. The fourth-order valence-electron chi connectivity index (χ4n) is 2.04. The summed E-state index contributed by atoms with van der Waals surface area (Å²) in [5.74, 6) is 1.15. The Morgan fingerprint density at radius 1 is 1.40 bits per heavy atom. The lowest BCUT2D eigenvalue weighted by molar-refractivity contribution is 0.0955. The second kappa shape index (κ2) is 9.73. The molecule has 25 heavy (non-hydrogen) atoms. The van der Waals surface area contributed by atoms with Crippen LogP contribution in [0.25, 0.3) is 0 Å². The van der Waals surface area contributed by atoms with Gasteiger partial charge < -0.3 is 10.1 Å². The molecule has 2 rings (SSSR count). The highest BCUT2D eigenvalue weighted by atomic mass is 79.9. The molecule has 1 N–H and O–H groups in total. The van der Waals surface area contributed by atoms with E-state index in [1.165, 1.54) is 11.3 Å². The van der Waals surface area contributed by atoms with Gasteiger partial charge in [-0.3, -0.25) is 4.79 Å². The molecule has 0 aliphatic carbocycles. The van der Waals surface area contributed by atoms with Crippen molar-refractivity contribution in [2.75, 3.05) is 13.2 Å². The predicted molar refractivity (Wildman–Crippen MR) is 109 cm³/mol. The van der Waals surface area contributed by atoms with Crippen molar-refractivity contribution in [3.63, 3.8) is 0 Å². The van der Waals surface area contributed by atoms with E-state index in [2.05, 4.69) is 40.1 Å². The number of benzene rings is 1. The van der Waals surface area contributed by atoms with Gasteiger partial charge in [-0.05, 0) is 42.0 Å². The summed E-state index contributed by atoms with van der Waals surface area (Å²) < 4.78 is 6.82. The lowest BCUT2D eigenvalue weighted by Gasteiger charge is -2.11. The van der Waals surface area contributed by atoms with Crippen molar-refractivity contribution < 1.29 is 9.53 Å². The molecule has 0 atom stereocenters. The summed E-state index contributed by atoms with van der Waals surface area (Å²) in [7, 11) is 0. The summed E-state index contributed by atoms with van der Waals surface area (Å²) in [5, 5.41) is 5.47. The van der Waals surface area contributed by atoms with Crippen LogP contribution in [0.5, 0.6) is 5.75 Å². The number of carbonyl (C=O) groups excluding carboxylic acids is 1. The zero-order chi connectivity index (χ0) is 18.2. The number of thiophene rings is 1. The third-order valence-electron chi connectivity index (χ3n) is 3.29. The average Bonchev–Trinajstić information content (AvgIpc) is 3.05. The number of amides is 1. The molecule has 0 unspecified atom stereocenters. The van der Waals surface area contributed by atoms with Gasteiger partial charge in [0.2, 0.25) is 0 Å². The number of aliphatic imine (C=N–C) groups is 1. The SMILES string of the molecule is CCCNC(=O)c1ccsc1N=Cc1cc(Br)ccc1OCC(C)C. The minimum Gasteiger partial charge on any atom is -0.493 e. The summed E-state index contributed by atoms with van der Waals surface area (Å²) in [6.45, 7) is 7.56. The molecule has 0 bridgehead atoms. The summed E-state index contributed by atoms with van der Waals surface area (Å²) in [4.78, 5) is 16.7. The van der Waals surface area contributed by atoms with Crippen LogP contribution >= 0.6 is 27.3 Å². The third kappa shape index (κ3) is 5.97. The highest BCUT2D eigenvalue weighted by molar-refractivity contribution is 9.10. The largest absolute Gasteiger partial charge is 0.493 e. The van der Waals surface area contributed by atoms with Crippen molar-refractivity contribution in [3.8, 4) is 5.75 Å². The van der Waals surface area contributed by atoms with Gasteiger partial charge in [0, 0.05) is 22.8 Å². The van der Waals surface area contributed by atoms with Crippen LogP contribution in [-0.2, 0) is 0 Å². The van der Waals surface area contributed by atoms with Gasteiger partial charge in [0.1, 0.15) is 10.8 Å². The Morgan fingerprint density at radius 2 is 2.20 bits per heavy atom. The van der Waals surface area contributed by atoms with Crippen LogP contribution < -0.4 is 10.1 Å². The van der Waals surface area contributed by atoms with E-state index in [9.17, 15) is 4.79 Å². The van der Waals surface area contributed by atoms with E-state index in [4.69, 9.17) is 4.74 Å². The van der Waals surface area contributed by atoms with Crippen molar-refractivity contribution in [1.82, 2.24) is 5.32 Å². The smallest absolute Gasteiger partial charge is 0.254 e. The Labute approximate surface area is 161 Å². The molecule has 0 aliphatic rings. The van der Waals surface area contributed by atoms with Gasteiger partial charge in [0.25, 0.3) is 5.91 Å². The minimum absolute atomic E-state index is 0.0826. The van der Waals surface area contributed by atoms with Crippen LogP contribution in [0, 0.1) is 5.92 Å². The van der Waals surface area contributed by atoms with Gasteiger partial charge in [-0.15, -0.1) is 11.3 Å². The fourth-order valence-corrected chi connectivity index (χ4v) is 3.16. The molecule has 0 spiro atoms. The maximum Gasteiger partial charge on any atom is 0.254 e. The van der Waals surface area contributed by atoms with E-state index in [1.807, 2.05) is 30.5 Å². The van der Waals surface area contributed by atoms with Crippen molar-refractivity contribution in [2.45, 2.75) is 27.2 Å². The van der Waals surface area contributed by atoms with E-state index in [-0.39, 0.29) is 5.91 Å². The molecular weight excluding hydrogens is 400 g/mol. The van der Waals surface area contributed by atoms with E-state index in [1.54, 1.807) is 12.3 Å². The maximum atomic E-state index is 12.2. The molecule has 0 saturated carbocycles. The first-order valence-electron chi connectivity index (χ1n) is 8.33. The number of hydrogen-bond donors (Lipinski definition) is 1. The second-order valence-electron chi connectivity index (χ2n) is 6.04. The molecule has 0 fully saturated rings. The van der Waals surface area contributed by atoms with Crippen LogP contribution in [-0.4, -0.2) is 25.3 Å². The van der Waals surface area contributed by atoms with E-state index in [0.717, 1.165) is 22.2 Å². The lowest BCUT2D eigenvalue weighted by Crippen LogP contribution is -2.23. The molecular formula is C19H23BrN2O2S. The lowest BCUT2D eigenvalue weighted by atomic mass is 10.2. The first kappa shape index (κ1) is 19.7. The number of halogens is 1. The Balaban J connectivity index is 2.21. The summed E-state index contributed by atoms with van der Waals surface area (Å²) >= 11 is 4.93. The molecule has 0 aliphatic heterocycles. The number of nitrogens with zero attached hydrogens (tertiary/aromatic N) is 1. The predicted octanol–water partition coefficient (Wildman–Crippen LogP) is 5.44. The average molecular weight is 423 g/mol. The Kier molecular flexibility index (Phi) is 7.65. The van der Waals surface area contributed by atoms with Gasteiger partial charge in [0.05, 0.1) is 12.2 Å². The van der Waals surface area contributed by atoms with Crippen LogP contribution in [0.2, 0.25) is 0 Å². The zero-order valence-electron chi connectivity index (χ0n) is 14.7. The molecule has 1 amide bonds. The van der Waals surface area contributed by atoms with Gasteiger partial charge in [-0.25, -0.2) is 4.99 Å². The summed E-state index contributed by atoms with van der Waals surface area (Å²) in [6.07, 6.45) is 2.66. The van der Waals surface area contributed by atoms with Crippen LogP contribution in [0.4, 0.5) is 5.00 Å². The number of rotatable bonds is 8. The molecule has 4 nitrogen and oxygen atoms in total. The molecule has 6 heteroatoms. The van der Waals surface area contributed by atoms with Crippen LogP contribution in [0.1, 0.15) is 43.1 Å². The summed E-state index contributed by atoms with van der Waals surface area (Å²) in [6, 6.07) is 7.64. The Morgan fingerprint density at radius 3 is 2.92 bits per heavy atom. The zero-order valence-corrected chi connectivity index (χ0v) is 17.1. The molecule has 134 valence electrons. The number of carbonyl (C=O) groups is 1. The monoisotopic (exact) mass is 422 g/mol. The van der Waals surface area contributed by atoms with Gasteiger partial charge >= 0.3 is 0 Å². The highest BCUT2D eigenvalue weighted by Gasteiger charge is 2.12. The molecule has 2 aromatic rings. The fraction of sp³-hybridized carbons (Fsp3) is 0.368. The first-order valence-corrected chi connectivity index (χ1v) is 10.0. The van der Waals surface area contributed by atoms with Gasteiger partial charge in [-0.2, -0.15) is 0 Å². The molecule has 0 radical (unpaired) electrons. The molecule has 1 aromatic carbocycles. The van der Waals surface area contributed by atoms with Crippen molar-refractivity contribution >= 4 is 44.4 Å². The third-order valence-corrected chi connectivity index (χ3v) is 4.60. The van der Waals surface area contributed by atoms with E-state index < -0.39 is 0 Å². The quantitative estimate of drug-likeness (QED) is 0.575. The standard InChI is InChI=1S/C19H23BrN2O2S/c1-4-8-21-18(23)16-7-9-25-19(16)22-11-14-10-15(20)5-6-17(14)24-12-13(2)3/h5-7,9-11,13H,4,8,12H2,1-3H3,(H,21,23). The normalized spacial score (nSPS) is 11.2. The molecule has 1 heterocycles. The topological polar surface area (TPSA) is 50.7 Å². The highest BCUT2D eigenvalue weighted by Crippen LogP contribution is 2.28. The summed E-state index contributed by atoms with van der Waals surface area (Å²) in [5.41, 5.74) is 1.48. The van der Waals surface area contributed by atoms with Crippen molar-refractivity contribution in [2.24, 2.45) is 10.9 Å². The molecule has 1 aromatic heterocycles. The van der Waals surface area contributed by atoms with Crippen molar-refractivity contribution in [1.29, 1.82) is 0 Å². The minimum atomic E-state index is -0.0826. The number of nitrogens with one attached hydrogen (secondary N) is 1. The van der Waals surface area contributed by atoms with E-state index >= 15 is 0 Å². The maximum absolute atomic E-state index is 12.2. The second-order valence-corrected chi connectivity index (χ2v) is 7.85. The van der Waals surface area contributed by atoms with Crippen LogP contribution in [0.3, 0.4) is 0 Å². The molecule has 0 saturated heterocycles. The van der Waals surface area contributed by atoms with Gasteiger partial charge in [0.15, 0.2) is 0 Å². The van der Waals surface area contributed by atoms with Crippen molar-refractivity contribution in [3.05, 3.63) is 45.2 Å². The number of hydrogen-bond acceptors (Lipinski definition) is 4. The Bertz CT molecular complexity index is 741. The van der Waals surface area contributed by atoms with Gasteiger partial charge in [-0.1, -0.05) is 36.7 Å². The Hall–Kier alpha value is -1.66. The van der Waals surface area contributed by atoms with E-state index in [0.29, 0.717) is 29.6 Å².